The van der Waals surface area contributed by atoms with Crippen LogP contribution in [0.15, 0.2) is 23.1 Å². The predicted molar refractivity (Wildman–Crippen MR) is 70.1 cm³/mol. The maximum absolute atomic E-state index is 12.4. The van der Waals surface area contributed by atoms with Crippen LogP contribution in [0.3, 0.4) is 0 Å². The molecular formula is C13H21NOS. The zero-order valence-corrected chi connectivity index (χ0v) is 11.1. The molecule has 0 aliphatic carbocycles. The molecule has 0 heterocycles. The highest BCUT2D eigenvalue weighted by atomic mass is 32.2. The topological polar surface area (TPSA) is 43.1 Å². The second-order valence-electron chi connectivity index (χ2n) is 4.17. The van der Waals surface area contributed by atoms with Crippen LogP contribution in [-0.2, 0) is 10.8 Å². The minimum Gasteiger partial charge on any atom is -0.330 e. The van der Waals surface area contributed by atoms with Gasteiger partial charge in [-0.05, 0) is 50.4 Å². The minimum absolute atomic E-state index is 0.186. The standard InChI is InChI=1S/C13H21NOS/c1-4-12(7-8-14)16(15)13-9-10(2)5-6-11(13)3/h5-6,9,12H,4,7-8,14H2,1-3H3. The molecule has 0 aliphatic heterocycles. The van der Waals surface area contributed by atoms with Gasteiger partial charge in [-0.2, -0.15) is 0 Å². The average Bonchev–Trinajstić information content (AvgIpc) is 2.28. The quantitative estimate of drug-likeness (QED) is 0.858. The lowest BCUT2D eigenvalue weighted by molar-refractivity contribution is 0.649. The van der Waals surface area contributed by atoms with Crippen molar-refractivity contribution < 1.29 is 4.21 Å². The summed E-state index contributed by atoms with van der Waals surface area (Å²) in [7, 11) is -0.923. The Morgan fingerprint density at radius 2 is 2.06 bits per heavy atom. The number of hydrogen-bond donors (Lipinski definition) is 1. The van der Waals surface area contributed by atoms with Crippen molar-refractivity contribution in [3.8, 4) is 0 Å². The van der Waals surface area contributed by atoms with Gasteiger partial charge in [0.05, 0.1) is 10.8 Å². The van der Waals surface area contributed by atoms with Gasteiger partial charge in [0.1, 0.15) is 0 Å². The van der Waals surface area contributed by atoms with Gasteiger partial charge in [-0.15, -0.1) is 0 Å². The van der Waals surface area contributed by atoms with Crippen LogP contribution in [0.5, 0.6) is 0 Å². The molecule has 3 heteroatoms. The number of benzene rings is 1. The Bertz CT molecular complexity index is 376. The van der Waals surface area contributed by atoms with Gasteiger partial charge in [-0.1, -0.05) is 19.1 Å². The lowest BCUT2D eigenvalue weighted by Crippen LogP contribution is -2.19. The van der Waals surface area contributed by atoms with Crippen molar-refractivity contribution in [3.63, 3.8) is 0 Å². The van der Waals surface area contributed by atoms with E-state index in [-0.39, 0.29) is 5.25 Å². The Hall–Kier alpha value is -0.670. The SMILES string of the molecule is CCC(CCN)S(=O)c1cc(C)ccc1C. The summed E-state index contributed by atoms with van der Waals surface area (Å²) in [6.07, 6.45) is 1.74. The Labute approximate surface area is 101 Å². The molecule has 1 aromatic rings. The third kappa shape index (κ3) is 3.16. The zero-order valence-electron chi connectivity index (χ0n) is 10.3. The van der Waals surface area contributed by atoms with Crippen LogP contribution in [0, 0.1) is 13.8 Å². The Morgan fingerprint density at radius 3 is 2.62 bits per heavy atom. The summed E-state index contributed by atoms with van der Waals surface area (Å²) in [5.41, 5.74) is 7.83. The van der Waals surface area contributed by atoms with Gasteiger partial charge < -0.3 is 5.73 Å². The van der Waals surface area contributed by atoms with E-state index in [0.717, 1.165) is 28.9 Å². The first-order chi connectivity index (χ1) is 7.60. The van der Waals surface area contributed by atoms with E-state index in [1.54, 1.807) is 0 Å². The number of hydrogen-bond acceptors (Lipinski definition) is 2. The van der Waals surface area contributed by atoms with Crippen molar-refractivity contribution in [1.29, 1.82) is 0 Å². The molecule has 16 heavy (non-hydrogen) atoms. The van der Waals surface area contributed by atoms with E-state index in [0.29, 0.717) is 6.54 Å². The number of nitrogens with two attached hydrogens (primary N) is 1. The smallest absolute Gasteiger partial charge is 0.0563 e. The lowest BCUT2D eigenvalue weighted by atomic mass is 10.2. The van der Waals surface area contributed by atoms with Gasteiger partial charge in [0.25, 0.3) is 0 Å². The highest BCUT2D eigenvalue weighted by Crippen LogP contribution is 2.20. The summed E-state index contributed by atoms with van der Waals surface area (Å²) in [6, 6.07) is 6.13. The van der Waals surface area contributed by atoms with Crippen molar-refractivity contribution in [2.75, 3.05) is 6.54 Å². The van der Waals surface area contributed by atoms with Gasteiger partial charge in [-0.25, -0.2) is 0 Å². The van der Waals surface area contributed by atoms with E-state index in [1.165, 1.54) is 0 Å². The van der Waals surface area contributed by atoms with Gasteiger partial charge in [0.15, 0.2) is 0 Å². The first-order valence-corrected chi connectivity index (χ1v) is 6.99. The molecule has 1 rings (SSSR count). The summed E-state index contributed by atoms with van der Waals surface area (Å²) in [6.45, 7) is 6.73. The molecule has 2 atom stereocenters. The lowest BCUT2D eigenvalue weighted by Gasteiger charge is -2.15. The fourth-order valence-electron chi connectivity index (χ4n) is 1.75. The van der Waals surface area contributed by atoms with Gasteiger partial charge >= 0.3 is 0 Å². The molecule has 1 aromatic carbocycles. The summed E-state index contributed by atoms with van der Waals surface area (Å²) in [4.78, 5) is 0.973. The Balaban J connectivity index is 2.98. The highest BCUT2D eigenvalue weighted by molar-refractivity contribution is 7.85. The maximum atomic E-state index is 12.4. The first-order valence-electron chi connectivity index (χ1n) is 5.78. The van der Waals surface area contributed by atoms with Crippen molar-refractivity contribution in [3.05, 3.63) is 29.3 Å². The van der Waals surface area contributed by atoms with Crippen molar-refractivity contribution in [1.82, 2.24) is 0 Å². The molecule has 0 amide bonds. The van der Waals surface area contributed by atoms with E-state index in [2.05, 4.69) is 13.0 Å². The molecule has 0 aromatic heterocycles. The van der Waals surface area contributed by atoms with Gasteiger partial charge in [0.2, 0.25) is 0 Å². The molecule has 90 valence electrons. The number of rotatable bonds is 5. The molecular weight excluding hydrogens is 218 g/mol. The van der Waals surface area contributed by atoms with Crippen LogP contribution >= 0.6 is 0 Å². The minimum atomic E-state index is -0.923. The molecule has 2 N–H and O–H groups in total. The largest absolute Gasteiger partial charge is 0.330 e. The molecule has 0 saturated carbocycles. The summed E-state index contributed by atoms with van der Waals surface area (Å²) < 4.78 is 12.4. The second kappa shape index (κ2) is 6.16. The van der Waals surface area contributed by atoms with E-state index in [1.807, 2.05) is 26.0 Å². The van der Waals surface area contributed by atoms with Crippen LogP contribution in [0.25, 0.3) is 0 Å². The van der Waals surface area contributed by atoms with Crippen LogP contribution < -0.4 is 5.73 Å². The van der Waals surface area contributed by atoms with E-state index < -0.39 is 10.8 Å². The number of aryl methyl sites for hydroxylation is 2. The van der Waals surface area contributed by atoms with Crippen LogP contribution in [-0.4, -0.2) is 16.0 Å². The monoisotopic (exact) mass is 239 g/mol. The van der Waals surface area contributed by atoms with Crippen molar-refractivity contribution in [2.45, 2.75) is 43.8 Å². The van der Waals surface area contributed by atoms with Crippen LogP contribution in [0.2, 0.25) is 0 Å². The first kappa shape index (κ1) is 13.4. The molecule has 0 fully saturated rings. The molecule has 0 bridgehead atoms. The molecule has 2 nitrogen and oxygen atoms in total. The summed E-state index contributed by atoms with van der Waals surface area (Å²) in [5, 5.41) is 0.186. The fraction of sp³-hybridized carbons (Fsp3) is 0.538. The van der Waals surface area contributed by atoms with E-state index >= 15 is 0 Å². The van der Waals surface area contributed by atoms with Crippen molar-refractivity contribution >= 4 is 10.8 Å². The van der Waals surface area contributed by atoms with Gasteiger partial charge in [0, 0.05) is 10.1 Å². The molecule has 2 unspecified atom stereocenters. The Kier molecular flexibility index (Phi) is 5.16. The second-order valence-corrected chi connectivity index (χ2v) is 5.88. The fourth-order valence-corrected chi connectivity index (χ4v) is 3.45. The molecule has 0 radical (unpaired) electrons. The summed E-state index contributed by atoms with van der Waals surface area (Å²) >= 11 is 0. The average molecular weight is 239 g/mol. The van der Waals surface area contributed by atoms with Crippen LogP contribution in [0.4, 0.5) is 0 Å². The van der Waals surface area contributed by atoms with Crippen molar-refractivity contribution in [2.24, 2.45) is 5.73 Å². The highest BCUT2D eigenvalue weighted by Gasteiger charge is 2.17. The van der Waals surface area contributed by atoms with Crippen LogP contribution in [0.1, 0.15) is 30.9 Å². The maximum Gasteiger partial charge on any atom is 0.0563 e. The third-order valence-electron chi connectivity index (χ3n) is 2.81. The molecule has 0 aliphatic rings. The normalized spacial score (nSPS) is 14.8. The van der Waals surface area contributed by atoms with Gasteiger partial charge in [-0.3, -0.25) is 4.21 Å². The van der Waals surface area contributed by atoms with E-state index in [4.69, 9.17) is 5.73 Å². The van der Waals surface area contributed by atoms with E-state index in [9.17, 15) is 4.21 Å². The zero-order chi connectivity index (χ0) is 12.1. The Morgan fingerprint density at radius 1 is 1.38 bits per heavy atom. The summed E-state index contributed by atoms with van der Waals surface area (Å²) in [5.74, 6) is 0. The third-order valence-corrected chi connectivity index (χ3v) is 4.85. The molecule has 0 spiro atoms. The molecule has 0 saturated heterocycles. The predicted octanol–water partition coefficient (Wildman–Crippen LogP) is 2.54.